The number of rotatable bonds is 4. The van der Waals surface area contributed by atoms with E-state index in [0.717, 1.165) is 30.6 Å². The van der Waals surface area contributed by atoms with Gasteiger partial charge in [0, 0.05) is 19.1 Å². The number of hydrogen-bond acceptors (Lipinski definition) is 3. The zero-order valence-corrected chi connectivity index (χ0v) is 12.5. The van der Waals surface area contributed by atoms with Gasteiger partial charge in [0.15, 0.2) is 0 Å². The zero-order chi connectivity index (χ0) is 14.7. The lowest BCUT2D eigenvalue weighted by Crippen LogP contribution is -2.47. The van der Waals surface area contributed by atoms with E-state index in [2.05, 4.69) is 6.07 Å². The molecule has 4 nitrogen and oxygen atoms in total. The molecule has 1 saturated carbocycles. The summed E-state index contributed by atoms with van der Waals surface area (Å²) >= 11 is 0. The highest BCUT2D eigenvalue weighted by Crippen LogP contribution is 2.30. The Kier molecular flexibility index (Phi) is 4.44. The second-order valence-corrected chi connectivity index (χ2v) is 6.08. The smallest absolute Gasteiger partial charge is 0.229 e. The van der Waals surface area contributed by atoms with Gasteiger partial charge in [0.25, 0.3) is 0 Å². The minimum Gasteiger partial charge on any atom is -0.492 e. The van der Waals surface area contributed by atoms with Crippen LogP contribution in [-0.4, -0.2) is 36.5 Å². The van der Waals surface area contributed by atoms with E-state index in [1.807, 2.05) is 23.1 Å². The number of carbonyl (C=O) groups excluding carboxylic acids is 1. The number of nitrogens with zero attached hydrogens (tertiary/aromatic N) is 1. The van der Waals surface area contributed by atoms with E-state index in [1.54, 1.807) is 0 Å². The van der Waals surface area contributed by atoms with Crippen molar-refractivity contribution >= 4 is 5.91 Å². The fourth-order valence-corrected chi connectivity index (χ4v) is 3.55. The number of fused-ring (bicyclic) bond motifs is 1. The van der Waals surface area contributed by atoms with Gasteiger partial charge in [-0.15, -0.1) is 0 Å². The number of hydrogen-bond donors (Lipinski definition) is 1. The monoisotopic (exact) mass is 288 g/mol. The number of amides is 1. The standard InChI is InChI=1S/C17H24N2O2/c18-9-10-19(15-6-2-3-7-15)17(20)14-11-13-5-1-4-8-16(13)21-12-14/h1,4-5,8,14-15H,2-3,6-7,9-12,18H2. The van der Waals surface area contributed by atoms with Gasteiger partial charge in [-0.25, -0.2) is 0 Å². The highest BCUT2D eigenvalue weighted by molar-refractivity contribution is 5.80. The summed E-state index contributed by atoms with van der Waals surface area (Å²) < 4.78 is 5.77. The van der Waals surface area contributed by atoms with Crippen LogP contribution in [0, 0.1) is 5.92 Å². The number of benzene rings is 1. The van der Waals surface area contributed by atoms with Crippen molar-refractivity contribution in [2.24, 2.45) is 11.7 Å². The van der Waals surface area contributed by atoms with Gasteiger partial charge in [-0.1, -0.05) is 31.0 Å². The van der Waals surface area contributed by atoms with Crippen LogP contribution in [0.25, 0.3) is 0 Å². The van der Waals surface area contributed by atoms with Crippen molar-refractivity contribution in [3.63, 3.8) is 0 Å². The predicted molar refractivity (Wildman–Crippen MR) is 82.2 cm³/mol. The summed E-state index contributed by atoms with van der Waals surface area (Å²) in [4.78, 5) is 14.9. The Bertz CT molecular complexity index is 497. The van der Waals surface area contributed by atoms with E-state index >= 15 is 0 Å². The molecular formula is C17H24N2O2. The summed E-state index contributed by atoms with van der Waals surface area (Å²) in [6, 6.07) is 8.39. The van der Waals surface area contributed by atoms with Gasteiger partial charge in [0.05, 0.1) is 5.92 Å². The van der Waals surface area contributed by atoms with Gasteiger partial charge in [0.1, 0.15) is 12.4 Å². The third-order valence-electron chi connectivity index (χ3n) is 4.65. The first-order chi connectivity index (χ1) is 10.3. The van der Waals surface area contributed by atoms with E-state index in [-0.39, 0.29) is 11.8 Å². The fraction of sp³-hybridized carbons (Fsp3) is 0.588. The number of nitrogens with two attached hydrogens (primary N) is 1. The van der Waals surface area contributed by atoms with Gasteiger partial charge in [0.2, 0.25) is 5.91 Å². The quantitative estimate of drug-likeness (QED) is 0.921. The molecule has 21 heavy (non-hydrogen) atoms. The molecule has 1 aliphatic carbocycles. The van der Waals surface area contributed by atoms with E-state index < -0.39 is 0 Å². The first-order valence-electron chi connectivity index (χ1n) is 8.01. The van der Waals surface area contributed by atoms with Gasteiger partial charge >= 0.3 is 0 Å². The molecule has 0 aromatic heterocycles. The summed E-state index contributed by atoms with van der Waals surface area (Å²) in [5.41, 5.74) is 6.86. The van der Waals surface area contributed by atoms with E-state index in [1.165, 1.54) is 12.8 Å². The predicted octanol–water partition coefficient (Wildman–Crippen LogP) is 1.97. The van der Waals surface area contributed by atoms with Crippen LogP contribution in [-0.2, 0) is 11.2 Å². The lowest BCUT2D eigenvalue weighted by Gasteiger charge is -2.34. The SMILES string of the molecule is NCCN(C(=O)C1COc2ccccc2C1)C1CCCC1. The number of ether oxygens (including phenoxy) is 1. The van der Waals surface area contributed by atoms with Crippen LogP contribution >= 0.6 is 0 Å². The van der Waals surface area contributed by atoms with Crippen LogP contribution in [0.5, 0.6) is 5.75 Å². The summed E-state index contributed by atoms with van der Waals surface area (Å²) in [6.45, 7) is 1.69. The summed E-state index contributed by atoms with van der Waals surface area (Å²) in [6.07, 6.45) is 5.47. The molecule has 0 spiro atoms. The average molecular weight is 288 g/mol. The van der Waals surface area contributed by atoms with Gasteiger partial charge in [-0.2, -0.15) is 0 Å². The molecule has 1 atom stereocenters. The van der Waals surface area contributed by atoms with Crippen LogP contribution in [0.3, 0.4) is 0 Å². The summed E-state index contributed by atoms with van der Waals surface area (Å²) in [5.74, 6) is 1.08. The zero-order valence-electron chi connectivity index (χ0n) is 12.5. The molecule has 1 amide bonds. The van der Waals surface area contributed by atoms with Crippen molar-refractivity contribution < 1.29 is 9.53 Å². The molecular weight excluding hydrogens is 264 g/mol. The maximum absolute atomic E-state index is 12.9. The number of para-hydroxylation sites is 1. The molecule has 3 rings (SSSR count). The molecule has 114 valence electrons. The molecule has 1 aromatic rings. The molecule has 1 aliphatic heterocycles. The highest BCUT2D eigenvalue weighted by atomic mass is 16.5. The van der Waals surface area contributed by atoms with Crippen LogP contribution in [0.1, 0.15) is 31.2 Å². The molecule has 1 unspecified atom stereocenters. The Balaban J connectivity index is 1.71. The van der Waals surface area contributed by atoms with Gasteiger partial charge in [-0.3, -0.25) is 4.79 Å². The fourth-order valence-electron chi connectivity index (χ4n) is 3.55. The van der Waals surface area contributed by atoms with Gasteiger partial charge in [-0.05, 0) is 30.9 Å². The minimum atomic E-state index is -0.0629. The molecule has 4 heteroatoms. The first-order valence-corrected chi connectivity index (χ1v) is 8.01. The highest BCUT2D eigenvalue weighted by Gasteiger charge is 2.33. The van der Waals surface area contributed by atoms with Gasteiger partial charge < -0.3 is 15.4 Å². The van der Waals surface area contributed by atoms with E-state index in [0.29, 0.717) is 25.7 Å². The number of carbonyl (C=O) groups is 1. The van der Waals surface area contributed by atoms with Crippen molar-refractivity contribution in [3.8, 4) is 5.75 Å². The van der Waals surface area contributed by atoms with E-state index in [9.17, 15) is 4.79 Å². The van der Waals surface area contributed by atoms with Crippen LogP contribution in [0.15, 0.2) is 24.3 Å². The normalized spacial score (nSPS) is 21.7. The Hall–Kier alpha value is -1.55. The van der Waals surface area contributed by atoms with Crippen molar-refractivity contribution in [1.82, 2.24) is 4.90 Å². The maximum Gasteiger partial charge on any atom is 0.229 e. The van der Waals surface area contributed by atoms with Crippen LogP contribution in [0.4, 0.5) is 0 Å². The molecule has 1 aromatic carbocycles. The Labute approximate surface area is 126 Å². The molecule has 0 saturated heterocycles. The van der Waals surface area contributed by atoms with Crippen molar-refractivity contribution in [3.05, 3.63) is 29.8 Å². The van der Waals surface area contributed by atoms with Crippen molar-refractivity contribution in [1.29, 1.82) is 0 Å². The first kappa shape index (κ1) is 14.4. The topological polar surface area (TPSA) is 55.6 Å². The molecule has 2 aliphatic rings. The molecule has 0 bridgehead atoms. The molecule has 2 N–H and O–H groups in total. The lowest BCUT2D eigenvalue weighted by atomic mass is 9.95. The maximum atomic E-state index is 12.9. The lowest BCUT2D eigenvalue weighted by molar-refractivity contribution is -0.139. The molecule has 1 fully saturated rings. The Morgan fingerprint density at radius 1 is 1.29 bits per heavy atom. The second-order valence-electron chi connectivity index (χ2n) is 6.08. The Morgan fingerprint density at radius 2 is 2.05 bits per heavy atom. The summed E-state index contributed by atoms with van der Waals surface area (Å²) in [7, 11) is 0. The third-order valence-corrected chi connectivity index (χ3v) is 4.65. The van der Waals surface area contributed by atoms with Crippen molar-refractivity contribution in [2.75, 3.05) is 19.7 Å². The largest absolute Gasteiger partial charge is 0.492 e. The molecule has 0 radical (unpaired) electrons. The summed E-state index contributed by atoms with van der Waals surface area (Å²) in [5, 5.41) is 0. The van der Waals surface area contributed by atoms with Crippen LogP contribution in [0.2, 0.25) is 0 Å². The second kappa shape index (κ2) is 6.48. The minimum absolute atomic E-state index is 0.0629. The average Bonchev–Trinajstić information content (AvgIpc) is 3.05. The third kappa shape index (κ3) is 3.05. The van der Waals surface area contributed by atoms with Crippen molar-refractivity contribution in [2.45, 2.75) is 38.1 Å². The van der Waals surface area contributed by atoms with Crippen LogP contribution < -0.4 is 10.5 Å². The van der Waals surface area contributed by atoms with E-state index in [4.69, 9.17) is 10.5 Å². The molecule has 1 heterocycles. The Morgan fingerprint density at radius 3 is 2.81 bits per heavy atom.